The van der Waals surface area contributed by atoms with Gasteiger partial charge in [-0.05, 0) is 30.0 Å². The third-order valence-electron chi connectivity index (χ3n) is 3.26. The van der Waals surface area contributed by atoms with E-state index in [2.05, 4.69) is 31.2 Å². The Kier molecular flexibility index (Phi) is 3.66. The van der Waals surface area contributed by atoms with E-state index in [0.29, 0.717) is 11.4 Å². The Morgan fingerprint density at radius 2 is 1.80 bits per heavy atom. The summed E-state index contributed by atoms with van der Waals surface area (Å²) < 4.78 is 1.66. The summed E-state index contributed by atoms with van der Waals surface area (Å²) in [6.45, 7) is 8.36. The van der Waals surface area contributed by atoms with Gasteiger partial charge in [0.25, 0.3) is 5.91 Å². The van der Waals surface area contributed by atoms with E-state index in [1.54, 1.807) is 4.68 Å². The lowest BCUT2D eigenvalue weighted by atomic mass is 9.87. The summed E-state index contributed by atoms with van der Waals surface area (Å²) >= 11 is 0. The van der Waals surface area contributed by atoms with Crippen LogP contribution < -0.4 is 5.32 Å². The zero-order valence-corrected chi connectivity index (χ0v) is 12.7. The first-order valence-corrected chi connectivity index (χ1v) is 6.70. The molecule has 0 aliphatic rings. The number of hydrogen-bond acceptors (Lipinski definition) is 2. The minimum Gasteiger partial charge on any atom is -0.307 e. The van der Waals surface area contributed by atoms with E-state index in [-0.39, 0.29) is 11.3 Å². The molecule has 106 valence electrons. The molecule has 0 radical (unpaired) electrons. The zero-order chi connectivity index (χ0) is 14.9. The SMILES string of the molecule is Cc1cc(NC(=O)c2ccc(C(C)(C)C)cc2)n(C)n1. The van der Waals surface area contributed by atoms with Gasteiger partial charge in [-0.3, -0.25) is 9.48 Å². The standard InChI is InChI=1S/C16H21N3O/c1-11-10-14(19(5)18-11)17-15(20)12-6-8-13(9-7-12)16(2,3)4/h6-10H,1-5H3,(H,17,20). The van der Waals surface area contributed by atoms with Gasteiger partial charge < -0.3 is 5.32 Å². The lowest BCUT2D eigenvalue weighted by Crippen LogP contribution is -2.15. The molecule has 2 rings (SSSR count). The number of amides is 1. The fraction of sp³-hybridized carbons (Fsp3) is 0.375. The summed E-state index contributed by atoms with van der Waals surface area (Å²) in [4.78, 5) is 12.2. The molecular weight excluding hydrogens is 250 g/mol. The average molecular weight is 271 g/mol. The quantitative estimate of drug-likeness (QED) is 0.911. The van der Waals surface area contributed by atoms with Crippen molar-refractivity contribution < 1.29 is 4.79 Å². The Morgan fingerprint density at radius 1 is 1.20 bits per heavy atom. The summed E-state index contributed by atoms with van der Waals surface area (Å²) in [6, 6.07) is 9.58. The number of aryl methyl sites for hydroxylation is 2. The van der Waals surface area contributed by atoms with E-state index in [1.165, 1.54) is 5.56 Å². The van der Waals surface area contributed by atoms with Crippen LogP contribution in [0.25, 0.3) is 0 Å². The highest BCUT2D eigenvalue weighted by Gasteiger charge is 2.15. The van der Waals surface area contributed by atoms with Crippen LogP contribution in [-0.2, 0) is 12.5 Å². The molecule has 0 saturated heterocycles. The molecule has 1 heterocycles. The van der Waals surface area contributed by atoms with Crippen LogP contribution in [0, 0.1) is 6.92 Å². The third kappa shape index (κ3) is 3.07. The predicted octanol–water partition coefficient (Wildman–Crippen LogP) is 3.28. The normalized spacial score (nSPS) is 11.4. The van der Waals surface area contributed by atoms with E-state index in [4.69, 9.17) is 0 Å². The van der Waals surface area contributed by atoms with Crippen LogP contribution in [0.3, 0.4) is 0 Å². The molecule has 0 unspecified atom stereocenters. The lowest BCUT2D eigenvalue weighted by Gasteiger charge is -2.19. The van der Waals surface area contributed by atoms with Gasteiger partial charge in [-0.25, -0.2) is 0 Å². The molecule has 0 fully saturated rings. The van der Waals surface area contributed by atoms with Gasteiger partial charge in [0.2, 0.25) is 0 Å². The van der Waals surface area contributed by atoms with Crippen molar-refractivity contribution in [2.45, 2.75) is 33.1 Å². The molecule has 0 aliphatic carbocycles. The first-order valence-electron chi connectivity index (χ1n) is 6.70. The van der Waals surface area contributed by atoms with Crippen molar-refractivity contribution in [2.24, 2.45) is 7.05 Å². The minimum atomic E-state index is -0.117. The maximum Gasteiger partial charge on any atom is 0.256 e. The Bertz CT molecular complexity index is 618. The van der Waals surface area contributed by atoms with Gasteiger partial charge in [-0.2, -0.15) is 5.10 Å². The van der Waals surface area contributed by atoms with Crippen molar-refractivity contribution >= 4 is 11.7 Å². The molecule has 0 saturated carbocycles. The smallest absolute Gasteiger partial charge is 0.256 e. The Balaban J connectivity index is 2.16. The number of carbonyl (C=O) groups is 1. The van der Waals surface area contributed by atoms with Crippen molar-refractivity contribution in [3.05, 3.63) is 47.2 Å². The summed E-state index contributed by atoms with van der Waals surface area (Å²) in [5.74, 6) is 0.584. The van der Waals surface area contributed by atoms with E-state index in [0.717, 1.165) is 5.69 Å². The highest BCUT2D eigenvalue weighted by molar-refractivity contribution is 6.03. The molecule has 0 atom stereocenters. The van der Waals surface area contributed by atoms with Crippen molar-refractivity contribution in [2.75, 3.05) is 5.32 Å². The molecule has 1 amide bonds. The van der Waals surface area contributed by atoms with Gasteiger partial charge in [-0.1, -0.05) is 32.9 Å². The van der Waals surface area contributed by atoms with Crippen molar-refractivity contribution in [3.63, 3.8) is 0 Å². The van der Waals surface area contributed by atoms with Gasteiger partial charge in [0.15, 0.2) is 0 Å². The Morgan fingerprint density at radius 3 is 2.25 bits per heavy atom. The Labute approximate surface area is 119 Å². The molecule has 1 aromatic carbocycles. The van der Waals surface area contributed by atoms with Crippen LogP contribution in [0.5, 0.6) is 0 Å². The number of aromatic nitrogens is 2. The molecule has 4 nitrogen and oxygen atoms in total. The lowest BCUT2D eigenvalue weighted by molar-refractivity contribution is 0.102. The second kappa shape index (κ2) is 5.12. The van der Waals surface area contributed by atoms with Crippen LogP contribution in [0.4, 0.5) is 5.82 Å². The first-order chi connectivity index (χ1) is 9.27. The molecule has 4 heteroatoms. The third-order valence-corrected chi connectivity index (χ3v) is 3.26. The Hall–Kier alpha value is -2.10. The highest BCUT2D eigenvalue weighted by Crippen LogP contribution is 2.22. The number of carbonyl (C=O) groups excluding carboxylic acids is 1. The highest BCUT2D eigenvalue weighted by atomic mass is 16.1. The topological polar surface area (TPSA) is 46.9 Å². The van der Waals surface area contributed by atoms with E-state index < -0.39 is 0 Å². The van der Waals surface area contributed by atoms with Crippen LogP contribution in [0.2, 0.25) is 0 Å². The van der Waals surface area contributed by atoms with Gasteiger partial charge in [0.1, 0.15) is 5.82 Å². The van der Waals surface area contributed by atoms with Gasteiger partial charge in [0.05, 0.1) is 5.69 Å². The fourth-order valence-electron chi connectivity index (χ4n) is 2.04. The van der Waals surface area contributed by atoms with Crippen LogP contribution in [0.1, 0.15) is 42.4 Å². The fourth-order valence-corrected chi connectivity index (χ4v) is 2.04. The van der Waals surface area contributed by atoms with Gasteiger partial charge in [0, 0.05) is 18.7 Å². The van der Waals surface area contributed by atoms with E-state index in [1.807, 2.05) is 44.3 Å². The van der Waals surface area contributed by atoms with Gasteiger partial charge in [-0.15, -0.1) is 0 Å². The average Bonchev–Trinajstić information content (AvgIpc) is 2.67. The molecule has 0 spiro atoms. The summed E-state index contributed by atoms with van der Waals surface area (Å²) in [5.41, 5.74) is 2.84. The number of rotatable bonds is 2. The van der Waals surface area contributed by atoms with Crippen molar-refractivity contribution in [3.8, 4) is 0 Å². The molecule has 1 N–H and O–H groups in total. The number of benzene rings is 1. The van der Waals surface area contributed by atoms with Crippen molar-refractivity contribution in [1.29, 1.82) is 0 Å². The molecule has 20 heavy (non-hydrogen) atoms. The van der Waals surface area contributed by atoms with E-state index in [9.17, 15) is 4.79 Å². The minimum absolute atomic E-state index is 0.0914. The second-order valence-electron chi connectivity index (χ2n) is 6.08. The second-order valence-corrected chi connectivity index (χ2v) is 6.08. The maximum absolute atomic E-state index is 12.2. The summed E-state index contributed by atoms with van der Waals surface area (Å²) in [5, 5.41) is 7.07. The molecule has 0 aliphatic heterocycles. The molecular formula is C16H21N3O. The van der Waals surface area contributed by atoms with Crippen LogP contribution in [0.15, 0.2) is 30.3 Å². The van der Waals surface area contributed by atoms with E-state index >= 15 is 0 Å². The maximum atomic E-state index is 12.2. The predicted molar refractivity (Wildman–Crippen MR) is 81.0 cm³/mol. The summed E-state index contributed by atoms with van der Waals surface area (Å²) in [7, 11) is 1.81. The molecule has 2 aromatic rings. The molecule has 0 bridgehead atoms. The van der Waals surface area contributed by atoms with Crippen LogP contribution in [-0.4, -0.2) is 15.7 Å². The first kappa shape index (κ1) is 14.3. The largest absolute Gasteiger partial charge is 0.307 e. The van der Waals surface area contributed by atoms with Gasteiger partial charge >= 0.3 is 0 Å². The number of nitrogens with one attached hydrogen (secondary N) is 1. The van der Waals surface area contributed by atoms with Crippen molar-refractivity contribution in [1.82, 2.24) is 9.78 Å². The number of anilines is 1. The summed E-state index contributed by atoms with van der Waals surface area (Å²) in [6.07, 6.45) is 0. The molecule has 1 aromatic heterocycles. The number of hydrogen-bond donors (Lipinski definition) is 1. The number of nitrogens with zero attached hydrogens (tertiary/aromatic N) is 2. The monoisotopic (exact) mass is 271 g/mol. The zero-order valence-electron chi connectivity index (χ0n) is 12.7. The van der Waals surface area contributed by atoms with Crippen LogP contribution >= 0.6 is 0 Å².